The van der Waals surface area contributed by atoms with E-state index in [-0.39, 0.29) is 21.6 Å². The summed E-state index contributed by atoms with van der Waals surface area (Å²) in [5, 5.41) is 11.4. The number of quaternary nitrogens is 1. The quantitative estimate of drug-likeness (QED) is 0.446. The number of fused-ring (bicyclic) bond motifs is 1. The van der Waals surface area contributed by atoms with Crippen LogP contribution in [0, 0.1) is 15.5 Å². The molecule has 3 rings (SSSR count). The zero-order valence-corrected chi connectivity index (χ0v) is 16.8. The molecular weight excluding hydrogens is 356 g/mol. The largest absolute Gasteiger partial charge is 0.424 e. The van der Waals surface area contributed by atoms with E-state index in [9.17, 15) is 14.9 Å². The average molecular weight is 381 g/mol. The Kier molecular flexibility index (Phi) is 4.81. The van der Waals surface area contributed by atoms with Crippen LogP contribution in [0.1, 0.15) is 34.1 Å². The second-order valence-electron chi connectivity index (χ2n) is 8.36. The van der Waals surface area contributed by atoms with Gasteiger partial charge in [0.15, 0.2) is 5.69 Å². The third-order valence-electron chi connectivity index (χ3n) is 4.76. The summed E-state index contributed by atoms with van der Waals surface area (Å²) >= 11 is 0. The number of nitro groups is 1. The number of benzene rings is 1. The number of para-hydroxylation sites is 1. The van der Waals surface area contributed by atoms with Crippen LogP contribution in [0.3, 0.4) is 0 Å². The van der Waals surface area contributed by atoms with Gasteiger partial charge in [0, 0.05) is 30.6 Å². The Balaban J connectivity index is 2.12. The summed E-state index contributed by atoms with van der Waals surface area (Å²) in [5.74, 6) is 0.359. The minimum Gasteiger partial charge on any atom is -0.358 e. The van der Waals surface area contributed by atoms with Crippen molar-refractivity contribution in [3.8, 4) is 0 Å². The Morgan fingerprint density at radius 3 is 2.43 bits per heavy atom. The number of amidine groups is 1. The molecule has 0 aromatic heterocycles. The second-order valence-corrected chi connectivity index (χ2v) is 8.36. The lowest BCUT2D eigenvalue weighted by Gasteiger charge is -2.31. The highest BCUT2D eigenvalue weighted by molar-refractivity contribution is 6.11. The fourth-order valence-electron chi connectivity index (χ4n) is 3.41. The van der Waals surface area contributed by atoms with Gasteiger partial charge < -0.3 is 15.0 Å². The van der Waals surface area contributed by atoms with Gasteiger partial charge in [0.1, 0.15) is 6.20 Å². The molecule has 1 aromatic rings. The van der Waals surface area contributed by atoms with Crippen LogP contribution in [0.5, 0.6) is 0 Å². The number of rotatable bonds is 4. The Morgan fingerprint density at radius 1 is 1.21 bits per heavy atom. The summed E-state index contributed by atoms with van der Waals surface area (Å²) < 4.78 is -0.0119. The van der Waals surface area contributed by atoms with E-state index in [4.69, 9.17) is 0 Å². The van der Waals surface area contributed by atoms with E-state index in [1.807, 2.05) is 70.3 Å². The smallest absolute Gasteiger partial charge is 0.358 e. The molecule has 7 nitrogen and oxygen atoms in total. The van der Waals surface area contributed by atoms with Crippen LogP contribution in [0.25, 0.3) is 0 Å². The number of nitrogens with zero attached hydrogens (tertiary/aromatic N) is 4. The van der Waals surface area contributed by atoms with Crippen molar-refractivity contribution in [3.63, 3.8) is 0 Å². The molecule has 1 aromatic carbocycles. The van der Waals surface area contributed by atoms with Crippen LogP contribution >= 0.6 is 0 Å². The van der Waals surface area contributed by atoms with E-state index >= 15 is 0 Å². The van der Waals surface area contributed by atoms with Crippen molar-refractivity contribution in [3.05, 3.63) is 76.0 Å². The van der Waals surface area contributed by atoms with E-state index in [2.05, 4.69) is 4.99 Å². The highest BCUT2D eigenvalue weighted by Crippen LogP contribution is 2.38. The maximum Gasteiger partial charge on any atom is 0.424 e. The number of likely N-dealkylation sites (N-methyl/N-ethyl adjacent to an activating group) is 1. The van der Waals surface area contributed by atoms with Crippen LogP contribution < -0.4 is 4.48 Å². The van der Waals surface area contributed by atoms with Gasteiger partial charge in [-0.05, 0) is 23.3 Å². The van der Waals surface area contributed by atoms with Crippen molar-refractivity contribution < 1.29 is 9.72 Å². The first kappa shape index (κ1) is 19.7. The van der Waals surface area contributed by atoms with Gasteiger partial charge in [-0.15, -0.1) is 0 Å². The zero-order chi connectivity index (χ0) is 20.7. The molecule has 0 N–H and O–H groups in total. The molecule has 1 atom stereocenters. The number of aliphatic imine (C=N–C) groups is 1. The molecule has 0 aliphatic carbocycles. The normalized spacial score (nSPS) is 21.2. The standard InChI is InChI=1S/C21H25N4O3/c1-15-11-16(23(5)19(26)12-21(2,3)4)13-25(17-9-7-6-8-10-17)14-18(24(27)28)22-20(15)25/h6-11,13-14H,12H2,1-5H3/q+1. The predicted molar refractivity (Wildman–Crippen MR) is 109 cm³/mol. The lowest BCUT2D eigenvalue weighted by Crippen LogP contribution is -2.46. The van der Waals surface area contributed by atoms with E-state index in [0.717, 1.165) is 11.3 Å². The van der Waals surface area contributed by atoms with Gasteiger partial charge in [-0.1, -0.05) is 39.0 Å². The molecule has 2 heterocycles. The van der Waals surface area contributed by atoms with Crippen LogP contribution in [0.15, 0.2) is 70.9 Å². The third kappa shape index (κ3) is 3.53. The number of carbonyl (C=O) groups excluding carboxylic acids is 1. The van der Waals surface area contributed by atoms with Crippen molar-refractivity contribution in [2.75, 3.05) is 7.05 Å². The van der Waals surface area contributed by atoms with Gasteiger partial charge >= 0.3 is 11.7 Å². The van der Waals surface area contributed by atoms with Crippen LogP contribution in [-0.2, 0) is 4.79 Å². The van der Waals surface area contributed by atoms with Gasteiger partial charge in [-0.2, -0.15) is 4.48 Å². The van der Waals surface area contributed by atoms with E-state index in [1.165, 1.54) is 6.20 Å². The Morgan fingerprint density at radius 2 is 1.86 bits per heavy atom. The first-order valence-electron chi connectivity index (χ1n) is 9.12. The molecule has 2 aliphatic heterocycles. The summed E-state index contributed by atoms with van der Waals surface area (Å²) in [7, 11) is 1.74. The number of hydrogen-bond donors (Lipinski definition) is 0. The Bertz CT molecular complexity index is 952. The van der Waals surface area contributed by atoms with Crippen molar-refractivity contribution >= 4 is 17.4 Å². The molecule has 0 saturated heterocycles. The zero-order valence-electron chi connectivity index (χ0n) is 16.8. The number of allylic oxidation sites excluding steroid dienone is 1. The predicted octanol–water partition coefficient (Wildman–Crippen LogP) is 4.18. The third-order valence-corrected chi connectivity index (χ3v) is 4.76. The molecule has 0 saturated carbocycles. The summed E-state index contributed by atoms with van der Waals surface area (Å²) in [6, 6.07) is 9.46. The van der Waals surface area contributed by atoms with E-state index in [1.54, 1.807) is 11.9 Å². The van der Waals surface area contributed by atoms with Gasteiger partial charge in [-0.3, -0.25) is 4.79 Å². The van der Waals surface area contributed by atoms with Gasteiger partial charge in [-0.25, -0.2) is 0 Å². The molecule has 28 heavy (non-hydrogen) atoms. The Hall–Kier alpha value is -3.06. The lowest BCUT2D eigenvalue weighted by atomic mass is 9.91. The topological polar surface area (TPSA) is 75.8 Å². The van der Waals surface area contributed by atoms with Crippen molar-refractivity contribution in [2.45, 2.75) is 34.1 Å². The highest BCUT2D eigenvalue weighted by atomic mass is 16.6. The highest BCUT2D eigenvalue weighted by Gasteiger charge is 2.50. The lowest BCUT2D eigenvalue weighted by molar-refractivity contribution is -0.425. The average Bonchev–Trinajstić information content (AvgIpc) is 3.02. The minimum absolute atomic E-state index is 0.00734. The van der Waals surface area contributed by atoms with Gasteiger partial charge in [0.05, 0.1) is 11.3 Å². The molecule has 0 spiro atoms. The molecule has 1 amide bonds. The van der Waals surface area contributed by atoms with E-state index in [0.29, 0.717) is 18.0 Å². The summed E-state index contributed by atoms with van der Waals surface area (Å²) in [5.41, 5.74) is 2.16. The van der Waals surface area contributed by atoms with Crippen LogP contribution in [0.2, 0.25) is 0 Å². The fourth-order valence-corrected chi connectivity index (χ4v) is 3.41. The molecule has 7 heteroatoms. The SMILES string of the molecule is CC1=CC(N(C)C(=O)CC(C)(C)C)=C[N+]2(c3ccccc3)C=C([N+](=O)[O-])N=C12. The summed E-state index contributed by atoms with van der Waals surface area (Å²) in [6.45, 7) is 7.92. The van der Waals surface area contributed by atoms with E-state index < -0.39 is 4.92 Å². The molecular formula is C21H25N4O3+. The first-order chi connectivity index (χ1) is 13.0. The number of hydrogen-bond acceptors (Lipinski definition) is 4. The monoisotopic (exact) mass is 381 g/mol. The van der Waals surface area contributed by atoms with Crippen molar-refractivity contribution in [2.24, 2.45) is 10.4 Å². The maximum atomic E-state index is 12.8. The van der Waals surface area contributed by atoms with Gasteiger partial charge in [0.2, 0.25) is 12.1 Å². The van der Waals surface area contributed by atoms with Crippen LogP contribution in [-0.4, -0.2) is 28.6 Å². The maximum absolute atomic E-state index is 12.8. The molecule has 0 radical (unpaired) electrons. The molecule has 2 aliphatic rings. The summed E-state index contributed by atoms with van der Waals surface area (Å²) in [4.78, 5) is 29.6. The molecule has 146 valence electrons. The summed E-state index contributed by atoms with van der Waals surface area (Å²) in [6.07, 6.45) is 5.62. The second kappa shape index (κ2) is 6.83. The van der Waals surface area contributed by atoms with Crippen molar-refractivity contribution in [1.29, 1.82) is 0 Å². The van der Waals surface area contributed by atoms with Gasteiger partial charge in [0.25, 0.3) is 0 Å². The molecule has 0 fully saturated rings. The number of amides is 1. The molecule has 0 bridgehead atoms. The Labute approximate surface area is 164 Å². The van der Waals surface area contributed by atoms with Crippen LogP contribution in [0.4, 0.5) is 5.69 Å². The van der Waals surface area contributed by atoms with Crippen molar-refractivity contribution in [1.82, 2.24) is 9.38 Å². The fraction of sp³-hybridized carbons (Fsp3) is 0.333. The minimum atomic E-state index is -0.483. The molecule has 1 unspecified atom stereocenters. The number of carbonyl (C=O) groups is 1. The first-order valence-corrected chi connectivity index (χ1v) is 9.12.